The number of ether oxygens (including phenoxy) is 2. The van der Waals surface area contributed by atoms with Gasteiger partial charge in [-0.2, -0.15) is 5.10 Å². The van der Waals surface area contributed by atoms with Gasteiger partial charge in [0.25, 0.3) is 0 Å². The first kappa shape index (κ1) is 13.5. The third-order valence-corrected chi connectivity index (χ3v) is 2.21. The molecule has 3 N–H and O–H groups in total. The number of methoxy groups -OCH3 is 1. The fraction of sp³-hybridized carbons (Fsp3) is 0.600. The van der Waals surface area contributed by atoms with Crippen molar-refractivity contribution in [2.75, 3.05) is 32.7 Å². The van der Waals surface area contributed by atoms with Crippen LogP contribution in [0, 0.1) is 0 Å². The van der Waals surface area contributed by atoms with E-state index in [-0.39, 0.29) is 12.5 Å². The highest BCUT2D eigenvalue weighted by Gasteiger charge is 2.06. The molecule has 1 rings (SSSR count). The molecule has 7 nitrogen and oxygen atoms in total. The number of aromatic nitrogens is 2. The SMILES string of the molecule is COCCOCC(=O)NCc1cnn(C)c1N. The lowest BCUT2D eigenvalue weighted by Gasteiger charge is -2.05. The lowest BCUT2D eigenvalue weighted by Crippen LogP contribution is -2.27. The second-order valence-electron chi connectivity index (χ2n) is 3.50. The first-order valence-corrected chi connectivity index (χ1v) is 5.25. The highest BCUT2D eigenvalue weighted by atomic mass is 16.5. The van der Waals surface area contributed by atoms with Crippen LogP contribution >= 0.6 is 0 Å². The summed E-state index contributed by atoms with van der Waals surface area (Å²) in [7, 11) is 3.32. The summed E-state index contributed by atoms with van der Waals surface area (Å²) in [5.74, 6) is 0.356. The summed E-state index contributed by atoms with van der Waals surface area (Å²) in [5.41, 5.74) is 6.52. The number of hydrogen-bond donors (Lipinski definition) is 2. The van der Waals surface area contributed by atoms with Gasteiger partial charge in [-0.15, -0.1) is 0 Å². The van der Waals surface area contributed by atoms with Gasteiger partial charge >= 0.3 is 0 Å². The second kappa shape index (κ2) is 6.87. The Morgan fingerprint density at radius 2 is 2.35 bits per heavy atom. The van der Waals surface area contributed by atoms with Gasteiger partial charge in [0, 0.05) is 26.3 Å². The summed E-state index contributed by atoms with van der Waals surface area (Å²) in [6, 6.07) is 0. The molecule has 0 atom stereocenters. The first-order valence-electron chi connectivity index (χ1n) is 5.25. The van der Waals surface area contributed by atoms with E-state index in [1.54, 1.807) is 25.0 Å². The first-order chi connectivity index (χ1) is 8.15. The standard InChI is InChI=1S/C10H18N4O3/c1-14-10(11)8(6-13-14)5-12-9(15)7-17-4-3-16-2/h6H,3-5,7,11H2,1-2H3,(H,12,15). The molecule has 0 bridgehead atoms. The van der Waals surface area contributed by atoms with Crippen molar-refractivity contribution < 1.29 is 14.3 Å². The third-order valence-electron chi connectivity index (χ3n) is 2.21. The number of nitrogen functional groups attached to an aromatic ring is 1. The topological polar surface area (TPSA) is 91.4 Å². The zero-order valence-electron chi connectivity index (χ0n) is 10.1. The lowest BCUT2D eigenvalue weighted by atomic mass is 10.3. The van der Waals surface area contributed by atoms with Gasteiger partial charge in [-0.1, -0.05) is 0 Å². The number of carbonyl (C=O) groups excluding carboxylic acids is 1. The molecule has 0 aliphatic rings. The number of nitrogens with one attached hydrogen (secondary N) is 1. The molecule has 7 heteroatoms. The van der Waals surface area contributed by atoms with Crippen LogP contribution in [-0.2, 0) is 27.9 Å². The van der Waals surface area contributed by atoms with Crippen molar-refractivity contribution in [3.63, 3.8) is 0 Å². The average Bonchev–Trinajstić information content (AvgIpc) is 2.63. The monoisotopic (exact) mass is 242 g/mol. The Morgan fingerprint density at radius 1 is 1.59 bits per heavy atom. The molecule has 1 aromatic rings. The van der Waals surface area contributed by atoms with Gasteiger partial charge in [0.1, 0.15) is 12.4 Å². The molecule has 0 unspecified atom stereocenters. The predicted molar refractivity (Wildman–Crippen MR) is 62.2 cm³/mol. The minimum Gasteiger partial charge on any atom is -0.384 e. The number of hydrogen-bond acceptors (Lipinski definition) is 5. The summed E-state index contributed by atoms with van der Waals surface area (Å²) >= 11 is 0. The Labute approximate surface area is 99.9 Å². The minimum absolute atomic E-state index is 0.0174. The van der Waals surface area contributed by atoms with E-state index in [9.17, 15) is 4.79 Å². The smallest absolute Gasteiger partial charge is 0.246 e. The van der Waals surface area contributed by atoms with Crippen molar-refractivity contribution in [2.24, 2.45) is 7.05 Å². The molecular weight excluding hydrogens is 224 g/mol. The number of nitrogens with zero attached hydrogens (tertiary/aromatic N) is 2. The van der Waals surface area contributed by atoms with Crippen LogP contribution in [-0.4, -0.2) is 42.6 Å². The molecule has 17 heavy (non-hydrogen) atoms. The number of rotatable bonds is 7. The Morgan fingerprint density at radius 3 is 2.94 bits per heavy atom. The molecule has 0 radical (unpaired) electrons. The Hall–Kier alpha value is -1.60. The molecule has 0 spiro atoms. The van der Waals surface area contributed by atoms with Gasteiger partial charge < -0.3 is 20.5 Å². The lowest BCUT2D eigenvalue weighted by molar-refractivity contribution is -0.126. The van der Waals surface area contributed by atoms with Crippen molar-refractivity contribution >= 4 is 11.7 Å². The highest BCUT2D eigenvalue weighted by molar-refractivity contribution is 5.77. The van der Waals surface area contributed by atoms with E-state index in [0.29, 0.717) is 25.6 Å². The number of amides is 1. The van der Waals surface area contributed by atoms with Crippen LogP contribution in [0.25, 0.3) is 0 Å². The van der Waals surface area contributed by atoms with Crippen LogP contribution in [0.3, 0.4) is 0 Å². The minimum atomic E-state index is -0.190. The second-order valence-corrected chi connectivity index (χ2v) is 3.50. The summed E-state index contributed by atoms with van der Waals surface area (Å²) < 4.78 is 11.4. The van der Waals surface area contributed by atoms with E-state index in [0.717, 1.165) is 5.56 Å². The molecule has 0 saturated heterocycles. The fourth-order valence-corrected chi connectivity index (χ4v) is 1.18. The van der Waals surface area contributed by atoms with Crippen molar-refractivity contribution in [3.8, 4) is 0 Å². The van der Waals surface area contributed by atoms with Gasteiger partial charge in [-0.25, -0.2) is 0 Å². The van der Waals surface area contributed by atoms with Crippen LogP contribution in [0.15, 0.2) is 6.20 Å². The highest BCUT2D eigenvalue weighted by Crippen LogP contribution is 2.07. The molecule has 0 aliphatic heterocycles. The largest absolute Gasteiger partial charge is 0.384 e. The summed E-state index contributed by atoms with van der Waals surface area (Å²) in [6.45, 7) is 1.25. The number of nitrogens with two attached hydrogens (primary N) is 1. The maximum Gasteiger partial charge on any atom is 0.246 e. The van der Waals surface area contributed by atoms with Crippen LogP contribution in [0.5, 0.6) is 0 Å². The van der Waals surface area contributed by atoms with E-state index in [1.807, 2.05) is 0 Å². The van der Waals surface area contributed by atoms with E-state index < -0.39 is 0 Å². The van der Waals surface area contributed by atoms with Gasteiger partial charge in [0.15, 0.2) is 0 Å². The van der Waals surface area contributed by atoms with E-state index in [2.05, 4.69) is 10.4 Å². The molecule has 1 amide bonds. The Kier molecular flexibility index (Phi) is 5.44. The summed E-state index contributed by atoms with van der Waals surface area (Å²) in [6.07, 6.45) is 1.63. The van der Waals surface area contributed by atoms with Gasteiger partial charge in [-0.3, -0.25) is 9.48 Å². The van der Waals surface area contributed by atoms with Crippen LogP contribution in [0.2, 0.25) is 0 Å². The van der Waals surface area contributed by atoms with Gasteiger partial charge in [0.05, 0.1) is 19.4 Å². The number of carbonyl (C=O) groups is 1. The number of aryl methyl sites for hydroxylation is 1. The van der Waals surface area contributed by atoms with Crippen LogP contribution in [0.1, 0.15) is 5.56 Å². The van der Waals surface area contributed by atoms with Crippen LogP contribution in [0.4, 0.5) is 5.82 Å². The quantitative estimate of drug-likeness (QED) is 0.616. The Balaban J connectivity index is 2.22. The van der Waals surface area contributed by atoms with E-state index >= 15 is 0 Å². The Bertz CT molecular complexity index is 364. The van der Waals surface area contributed by atoms with Crippen molar-refractivity contribution in [1.82, 2.24) is 15.1 Å². The normalized spacial score (nSPS) is 10.5. The molecule has 1 heterocycles. The van der Waals surface area contributed by atoms with E-state index in [1.165, 1.54) is 0 Å². The molecular formula is C10H18N4O3. The fourth-order valence-electron chi connectivity index (χ4n) is 1.18. The molecule has 1 aromatic heterocycles. The van der Waals surface area contributed by atoms with Crippen molar-refractivity contribution in [3.05, 3.63) is 11.8 Å². The third kappa shape index (κ3) is 4.41. The van der Waals surface area contributed by atoms with Crippen molar-refractivity contribution in [2.45, 2.75) is 6.54 Å². The average molecular weight is 242 g/mol. The maximum absolute atomic E-state index is 11.4. The maximum atomic E-state index is 11.4. The summed E-state index contributed by atoms with van der Waals surface area (Å²) in [5, 5.41) is 6.67. The predicted octanol–water partition coefficient (Wildman–Crippen LogP) is -0.718. The zero-order valence-corrected chi connectivity index (χ0v) is 10.1. The molecule has 0 aromatic carbocycles. The number of anilines is 1. The van der Waals surface area contributed by atoms with Gasteiger partial charge in [-0.05, 0) is 0 Å². The van der Waals surface area contributed by atoms with Crippen molar-refractivity contribution in [1.29, 1.82) is 0 Å². The zero-order chi connectivity index (χ0) is 12.7. The molecule has 0 saturated carbocycles. The van der Waals surface area contributed by atoms with E-state index in [4.69, 9.17) is 15.2 Å². The molecule has 96 valence electrons. The van der Waals surface area contributed by atoms with Gasteiger partial charge in [0.2, 0.25) is 5.91 Å². The van der Waals surface area contributed by atoms with Crippen LogP contribution < -0.4 is 11.1 Å². The molecule has 0 aliphatic carbocycles. The molecule has 0 fully saturated rings. The summed E-state index contributed by atoms with van der Waals surface area (Å²) in [4.78, 5) is 11.4.